The van der Waals surface area contributed by atoms with Gasteiger partial charge in [0.05, 0.1) is 13.2 Å². The predicted molar refractivity (Wildman–Crippen MR) is 131 cm³/mol. The molecule has 1 N–H and O–H groups in total. The third-order valence-electron chi connectivity index (χ3n) is 5.78. The molecule has 0 radical (unpaired) electrons. The summed E-state index contributed by atoms with van der Waals surface area (Å²) in [7, 11) is 0. The lowest BCUT2D eigenvalue weighted by atomic mass is 10.0. The van der Waals surface area contributed by atoms with E-state index in [9.17, 15) is 5.11 Å². The molecular weight excluding hydrogens is 400 g/mol. The van der Waals surface area contributed by atoms with Crippen molar-refractivity contribution in [1.82, 2.24) is 4.98 Å². The SMILES string of the molecule is CCCCCCCCCCCCCCCCCCOCC(CO)Oc1cccc(C#N)n1. The summed E-state index contributed by atoms with van der Waals surface area (Å²) in [5.74, 6) is 0.342. The molecule has 1 atom stereocenters. The summed E-state index contributed by atoms with van der Waals surface area (Å²) < 4.78 is 11.3. The van der Waals surface area contributed by atoms with E-state index >= 15 is 0 Å². The standard InChI is InChI=1S/C27H46N2O3/c1-2-3-4-5-6-7-8-9-10-11-12-13-14-15-16-17-21-31-24-26(23-30)32-27-20-18-19-25(22-28)29-27/h18-20,26,30H,2-17,21,23-24H2,1H3. The molecule has 0 aliphatic rings. The minimum atomic E-state index is -0.461. The first-order chi connectivity index (χ1) is 15.8. The van der Waals surface area contributed by atoms with Gasteiger partial charge in [-0.2, -0.15) is 5.26 Å². The van der Waals surface area contributed by atoms with Gasteiger partial charge in [0.25, 0.3) is 0 Å². The molecule has 1 heterocycles. The first-order valence-electron chi connectivity index (χ1n) is 13.0. The van der Waals surface area contributed by atoms with Gasteiger partial charge >= 0.3 is 0 Å². The fraction of sp³-hybridized carbons (Fsp3) is 0.778. The first kappa shape index (κ1) is 28.4. The number of aromatic nitrogens is 1. The number of pyridine rings is 1. The number of rotatable bonds is 22. The van der Waals surface area contributed by atoms with E-state index in [2.05, 4.69) is 11.9 Å². The third-order valence-corrected chi connectivity index (χ3v) is 5.78. The third kappa shape index (κ3) is 16.1. The fourth-order valence-electron chi connectivity index (χ4n) is 3.80. The van der Waals surface area contributed by atoms with Crippen molar-refractivity contribution < 1.29 is 14.6 Å². The summed E-state index contributed by atoms with van der Waals surface area (Å²) in [6.45, 7) is 3.15. The van der Waals surface area contributed by atoms with Crippen molar-refractivity contribution in [2.45, 2.75) is 116 Å². The van der Waals surface area contributed by atoms with E-state index in [1.165, 1.54) is 96.3 Å². The molecule has 1 rings (SSSR count). The molecule has 1 aromatic rings. The van der Waals surface area contributed by atoms with Gasteiger partial charge in [-0.3, -0.25) is 0 Å². The number of ether oxygens (including phenoxy) is 2. The summed E-state index contributed by atoms with van der Waals surface area (Å²) in [4.78, 5) is 4.06. The van der Waals surface area contributed by atoms with E-state index in [1.54, 1.807) is 18.2 Å². The Morgan fingerprint density at radius 3 is 1.88 bits per heavy atom. The van der Waals surface area contributed by atoms with Crippen molar-refractivity contribution in [2.24, 2.45) is 0 Å². The van der Waals surface area contributed by atoms with Crippen LogP contribution in [-0.4, -0.2) is 36.0 Å². The van der Waals surface area contributed by atoms with E-state index in [0.717, 1.165) is 6.42 Å². The maximum Gasteiger partial charge on any atom is 0.214 e. The second-order valence-electron chi connectivity index (χ2n) is 8.77. The molecule has 5 nitrogen and oxygen atoms in total. The maximum atomic E-state index is 9.46. The molecule has 0 saturated heterocycles. The molecule has 0 aromatic carbocycles. The molecule has 32 heavy (non-hydrogen) atoms. The highest BCUT2D eigenvalue weighted by Crippen LogP contribution is 2.14. The van der Waals surface area contributed by atoms with Gasteiger partial charge in [-0.25, -0.2) is 4.98 Å². The molecule has 0 bridgehead atoms. The van der Waals surface area contributed by atoms with Gasteiger partial charge in [-0.1, -0.05) is 109 Å². The molecule has 0 fully saturated rings. The van der Waals surface area contributed by atoms with Crippen molar-refractivity contribution >= 4 is 0 Å². The first-order valence-corrected chi connectivity index (χ1v) is 13.0. The predicted octanol–water partition coefficient (Wildman–Crippen LogP) is 6.97. The number of nitriles is 1. The maximum absolute atomic E-state index is 9.46. The molecule has 0 spiro atoms. The molecule has 0 aliphatic carbocycles. The number of aliphatic hydroxyl groups is 1. The smallest absolute Gasteiger partial charge is 0.214 e. The Balaban J connectivity index is 1.86. The number of hydrogen-bond donors (Lipinski definition) is 1. The lowest BCUT2D eigenvalue weighted by Crippen LogP contribution is -2.27. The normalized spacial score (nSPS) is 11.9. The number of aliphatic hydroxyl groups excluding tert-OH is 1. The van der Waals surface area contributed by atoms with E-state index < -0.39 is 6.10 Å². The van der Waals surface area contributed by atoms with Crippen LogP contribution in [0.4, 0.5) is 0 Å². The molecule has 5 heteroatoms. The van der Waals surface area contributed by atoms with Crippen LogP contribution < -0.4 is 4.74 Å². The van der Waals surface area contributed by atoms with Crippen LogP contribution in [0, 0.1) is 11.3 Å². The zero-order valence-electron chi connectivity index (χ0n) is 20.4. The highest BCUT2D eigenvalue weighted by atomic mass is 16.5. The van der Waals surface area contributed by atoms with E-state index in [-0.39, 0.29) is 6.61 Å². The molecule has 1 unspecified atom stereocenters. The van der Waals surface area contributed by atoms with Gasteiger partial charge in [0, 0.05) is 12.7 Å². The van der Waals surface area contributed by atoms with Crippen LogP contribution in [-0.2, 0) is 4.74 Å². The van der Waals surface area contributed by atoms with Crippen LogP contribution in [0.25, 0.3) is 0 Å². The second kappa shape index (κ2) is 21.2. The van der Waals surface area contributed by atoms with Crippen LogP contribution in [0.2, 0.25) is 0 Å². The Morgan fingerprint density at radius 1 is 0.844 bits per heavy atom. The summed E-state index contributed by atoms with van der Waals surface area (Å²) in [6.07, 6.45) is 21.2. The van der Waals surface area contributed by atoms with Gasteiger partial charge in [0.2, 0.25) is 5.88 Å². The van der Waals surface area contributed by atoms with Gasteiger partial charge in [-0.05, 0) is 12.5 Å². The largest absolute Gasteiger partial charge is 0.469 e. The summed E-state index contributed by atoms with van der Waals surface area (Å²) in [6, 6.07) is 6.99. The molecule has 0 saturated carbocycles. The number of unbranched alkanes of at least 4 members (excludes halogenated alkanes) is 15. The van der Waals surface area contributed by atoms with E-state index in [0.29, 0.717) is 24.8 Å². The Kier molecular flexibility index (Phi) is 18.8. The monoisotopic (exact) mass is 446 g/mol. The van der Waals surface area contributed by atoms with Gasteiger partial charge in [0.15, 0.2) is 0 Å². The van der Waals surface area contributed by atoms with Crippen LogP contribution in [0.15, 0.2) is 18.2 Å². The summed E-state index contributed by atoms with van der Waals surface area (Å²) in [5.41, 5.74) is 0.299. The van der Waals surface area contributed by atoms with Crippen LogP contribution in [0.1, 0.15) is 115 Å². The van der Waals surface area contributed by atoms with Crippen LogP contribution in [0.3, 0.4) is 0 Å². The average molecular weight is 447 g/mol. The van der Waals surface area contributed by atoms with Gasteiger partial charge in [0.1, 0.15) is 17.9 Å². The summed E-state index contributed by atoms with van der Waals surface area (Å²) in [5, 5.41) is 18.3. The van der Waals surface area contributed by atoms with E-state index in [1.807, 2.05) is 6.07 Å². The minimum Gasteiger partial charge on any atom is -0.469 e. The highest BCUT2D eigenvalue weighted by molar-refractivity contribution is 5.24. The minimum absolute atomic E-state index is 0.141. The molecular formula is C27H46N2O3. The Bertz CT molecular complexity index is 589. The van der Waals surface area contributed by atoms with Crippen molar-refractivity contribution in [3.05, 3.63) is 23.9 Å². The Morgan fingerprint density at radius 2 is 1.38 bits per heavy atom. The Hall–Kier alpha value is -1.64. The molecule has 0 aliphatic heterocycles. The fourth-order valence-corrected chi connectivity index (χ4v) is 3.80. The topological polar surface area (TPSA) is 75.4 Å². The lowest BCUT2D eigenvalue weighted by molar-refractivity contribution is 0.0167. The van der Waals surface area contributed by atoms with Crippen molar-refractivity contribution in [3.8, 4) is 11.9 Å². The van der Waals surface area contributed by atoms with Crippen molar-refractivity contribution in [3.63, 3.8) is 0 Å². The van der Waals surface area contributed by atoms with Gasteiger partial charge < -0.3 is 14.6 Å². The highest BCUT2D eigenvalue weighted by Gasteiger charge is 2.11. The Labute approximate surface area is 196 Å². The quantitative estimate of drug-likeness (QED) is 0.195. The van der Waals surface area contributed by atoms with E-state index in [4.69, 9.17) is 14.7 Å². The van der Waals surface area contributed by atoms with Crippen LogP contribution >= 0.6 is 0 Å². The molecule has 182 valence electrons. The average Bonchev–Trinajstić information content (AvgIpc) is 2.82. The lowest BCUT2D eigenvalue weighted by Gasteiger charge is -2.16. The number of hydrogen-bond acceptors (Lipinski definition) is 5. The zero-order valence-corrected chi connectivity index (χ0v) is 20.4. The summed E-state index contributed by atoms with van der Waals surface area (Å²) >= 11 is 0. The van der Waals surface area contributed by atoms with Crippen LogP contribution in [0.5, 0.6) is 5.88 Å². The van der Waals surface area contributed by atoms with Crippen molar-refractivity contribution in [2.75, 3.05) is 19.8 Å². The molecule has 0 amide bonds. The number of nitrogens with zero attached hydrogens (tertiary/aromatic N) is 2. The molecule has 1 aromatic heterocycles. The zero-order chi connectivity index (χ0) is 23.1. The van der Waals surface area contributed by atoms with Gasteiger partial charge in [-0.15, -0.1) is 0 Å². The van der Waals surface area contributed by atoms with Crippen molar-refractivity contribution in [1.29, 1.82) is 5.26 Å². The second-order valence-corrected chi connectivity index (χ2v) is 8.77.